The van der Waals surface area contributed by atoms with E-state index in [1.807, 2.05) is 37.4 Å². The van der Waals surface area contributed by atoms with Gasteiger partial charge in [-0.3, -0.25) is 4.98 Å². The fourth-order valence-electron chi connectivity index (χ4n) is 1.68. The molecule has 0 N–H and O–H groups in total. The van der Waals surface area contributed by atoms with Crippen molar-refractivity contribution in [2.45, 2.75) is 0 Å². The fraction of sp³-hybridized carbons (Fsp3) is 0.154. The zero-order valence-corrected chi connectivity index (χ0v) is 11.3. The number of anilines is 2. The van der Waals surface area contributed by atoms with Crippen molar-refractivity contribution in [1.29, 1.82) is 0 Å². The van der Waals surface area contributed by atoms with Gasteiger partial charge < -0.3 is 9.64 Å². The summed E-state index contributed by atoms with van der Waals surface area (Å²) in [4.78, 5) is 6.12. The third-order valence-electron chi connectivity index (χ3n) is 2.56. The summed E-state index contributed by atoms with van der Waals surface area (Å²) in [5.41, 5.74) is 2.06. The number of benzene rings is 1. The van der Waals surface area contributed by atoms with E-state index in [0.29, 0.717) is 0 Å². The molecular weight excluding hydrogens is 280 g/mol. The second-order valence-corrected chi connectivity index (χ2v) is 4.41. The van der Waals surface area contributed by atoms with Gasteiger partial charge in [0.25, 0.3) is 0 Å². The summed E-state index contributed by atoms with van der Waals surface area (Å²) in [6, 6.07) is 9.87. The minimum absolute atomic E-state index is 0.846. The molecule has 0 saturated heterocycles. The number of halogens is 1. The van der Waals surface area contributed by atoms with Gasteiger partial charge >= 0.3 is 0 Å². The summed E-state index contributed by atoms with van der Waals surface area (Å²) in [7, 11) is 3.67. The van der Waals surface area contributed by atoms with Crippen LogP contribution in [0.5, 0.6) is 5.75 Å². The van der Waals surface area contributed by atoms with Crippen molar-refractivity contribution in [3.8, 4) is 5.75 Å². The molecule has 1 aromatic carbocycles. The highest BCUT2D eigenvalue weighted by Crippen LogP contribution is 2.35. The third-order valence-corrected chi connectivity index (χ3v) is 3.17. The van der Waals surface area contributed by atoms with Crippen LogP contribution in [0.25, 0.3) is 0 Å². The minimum atomic E-state index is 0.846. The molecule has 0 atom stereocenters. The molecule has 0 saturated carbocycles. The highest BCUT2D eigenvalue weighted by atomic mass is 79.9. The van der Waals surface area contributed by atoms with E-state index < -0.39 is 0 Å². The summed E-state index contributed by atoms with van der Waals surface area (Å²) in [6.45, 7) is 0. The van der Waals surface area contributed by atoms with Gasteiger partial charge in [-0.15, -0.1) is 0 Å². The summed E-state index contributed by atoms with van der Waals surface area (Å²) >= 11 is 3.50. The van der Waals surface area contributed by atoms with E-state index in [1.165, 1.54) is 0 Å². The lowest BCUT2D eigenvalue weighted by atomic mass is 10.2. The van der Waals surface area contributed by atoms with Crippen LogP contribution in [-0.2, 0) is 0 Å². The maximum absolute atomic E-state index is 5.36. The molecule has 4 heteroatoms. The van der Waals surface area contributed by atoms with Crippen molar-refractivity contribution in [3.05, 3.63) is 47.2 Å². The SMILES string of the molecule is COc1ccccc1N(C)c1ccncc1Br. The van der Waals surface area contributed by atoms with Crippen LogP contribution in [0.4, 0.5) is 11.4 Å². The molecule has 0 unspecified atom stereocenters. The Labute approximate surface area is 109 Å². The first-order chi connectivity index (χ1) is 8.24. The number of pyridine rings is 1. The van der Waals surface area contributed by atoms with Crippen LogP contribution in [0.2, 0.25) is 0 Å². The zero-order valence-electron chi connectivity index (χ0n) is 9.72. The van der Waals surface area contributed by atoms with Gasteiger partial charge in [0, 0.05) is 19.4 Å². The summed E-state index contributed by atoms with van der Waals surface area (Å²) in [6.07, 6.45) is 3.55. The summed E-state index contributed by atoms with van der Waals surface area (Å²) < 4.78 is 6.31. The number of methoxy groups -OCH3 is 1. The van der Waals surface area contributed by atoms with E-state index in [0.717, 1.165) is 21.6 Å². The van der Waals surface area contributed by atoms with Crippen molar-refractivity contribution < 1.29 is 4.74 Å². The Hall–Kier alpha value is -1.55. The lowest BCUT2D eigenvalue weighted by Crippen LogP contribution is -2.11. The number of rotatable bonds is 3. The molecule has 0 aliphatic rings. The van der Waals surface area contributed by atoms with Crippen molar-refractivity contribution >= 4 is 27.3 Å². The molecule has 3 nitrogen and oxygen atoms in total. The average Bonchev–Trinajstić information content (AvgIpc) is 2.38. The Bertz CT molecular complexity index is 516. The van der Waals surface area contributed by atoms with Gasteiger partial charge in [0.05, 0.1) is 23.0 Å². The second-order valence-electron chi connectivity index (χ2n) is 3.56. The molecule has 17 heavy (non-hydrogen) atoms. The first-order valence-corrected chi connectivity index (χ1v) is 5.99. The molecule has 0 spiro atoms. The summed E-state index contributed by atoms with van der Waals surface area (Å²) in [5.74, 6) is 0.846. The molecule has 2 rings (SSSR count). The number of nitrogens with zero attached hydrogens (tertiary/aromatic N) is 2. The van der Waals surface area contributed by atoms with Gasteiger partial charge in [-0.2, -0.15) is 0 Å². The van der Waals surface area contributed by atoms with Gasteiger partial charge in [-0.05, 0) is 34.1 Å². The fourth-order valence-corrected chi connectivity index (χ4v) is 2.19. The predicted molar refractivity (Wildman–Crippen MR) is 73.0 cm³/mol. The van der Waals surface area contributed by atoms with Crippen LogP contribution in [0.15, 0.2) is 47.2 Å². The van der Waals surface area contributed by atoms with Crippen molar-refractivity contribution in [3.63, 3.8) is 0 Å². The highest BCUT2D eigenvalue weighted by molar-refractivity contribution is 9.10. The number of para-hydroxylation sites is 2. The molecule has 0 bridgehead atoms. The van der Waals surface area contributed by atoms with Crippen LogP contribution >= 0.6 is 15.9 Å². The van der Waals surface area contributed by atoms with E-state index in [9.17, 15) is 0 Å². The van der Waals surface area contributed by atoms with Crippen molar-refractivity contribution in [1.82, 2.24) is 4.98 Å². The first kappa shape index (κ1) is 11.9. The minimum Gasteiger partial charge on any atom is -0.495 e. The Balaban J connectivity index is 2.44. The highest BCUT2D eigenvalue weighted by Gasteiger charge is 2.11. The molecule has 2 aromatic rings. The largest absolute Gasteiger partial charge is 0.495 e. The molecule has 0 fully saturated rings. The molecule has 0 aliphatic heterocycles. The Morgan fingerprint density at radius 1 is 1.18 bits per heavy atom. The molecule has 0 amide bonds. The lowest BCUT2D eigenvalue weighted by molar-refractivity contribution is 0.415. The number of aromatic nitrogens is 1. The van der Waals surface area contributed by atoms with Gasteiger partial charge in [-0.25, -0.2) is 0 Å². The van der Waals surface area contributed by atoms with E-state index >= 15 is 0 Å². The number of ether oxygens (including phenoxy) is 1. The second kappa shape index (κ2) is 5.19. The topological polar surface area (TPSA) is 25.4 Å². The Morgan fingerprint density at radius 3 is 2.65 bits per heavy atom. The monoisotopic (exact) mass is 292 g/mol. The smallest absolute Gasteiger partial charge is 0.142 e. The van der Waals surface area contributed by atoms with Crippen LogP contribution in [0.1, 0.15) is 0 Å². The molecule has 1 aromatic heterocycles. The first-order valence-electron chi connectivity index (χ1n) is 5.20. The maximum Gasteiger partial charge on any atom is 0.142 e. The third kappa shape index (κ3) is 2.42. The zero-order chi connectivity index (χ0) is 12.3. The van der Waals surface area contributed by atoms with Crippen LogP contribution < -0.4 is 9.64 Å². The molecule has 0 radical (unpaired) electrons. The van der Waals surface area contributed by atoms with Crippen LogP contribution in [0.3, 0.4) is 0 Å². The van der Waals surface area contributed by atoms with Gasteiger partial charge in [0.2, 0.25) is 0 Å². The van der Waals surface area contributed by atoms with Crippen molar-refractivity contribution in [2.75, 3.05) is 19.1 Å². The summed E-state index contributed by atoms with van der Waals surface area (Å²) in [5, 5.41) is 0. The molecule has 0 aliphatic carbocycles. The standard InChI is InChI=1S/C13H13BrN2O/c1-16(11-7-8-15-9-10(11)14)12-5-3-4-6-13(12)17-2/h3-9H,1-2H3. The Morgan fingerprint density at radius 2 is 1.94 bits per heavy atom. The van der Waals surface area contributed by atoms with E-state index in [1.54, 1.807) is 19.5 Å². The van der Waals surface area contributed by atoms with E-state index in [2.05, 4.69) is 25.8 Å². The number of hydrogen-bond donors (Lipinski definition) is 0. The van der Waals surface area contributed by atoms with Gasteiger partial charge in [-0.1, -0.05) is 12.1 Å². The lowest BCUT2D eigenvalue weighted by Gasteiger charge is -2.22. The van der Waals surface area contributed by atoms with E-state index in [-0.39, 0.29) is 0 Å². The molecular formula is C13H13BrN2O. The van der Waals surface area contributed by atoms with Crippen molar-refractivity contribution in [2.24, 2.45) is 0 Å². The van der Waals surface area contributed by atoms with Gasteiger partial charge in [0.1, 0.15) is 5.75 Å². The van der Waals surface area contributed by atoms with Crippen LogP contribution in [0, 0.1) is 0 Å². The van der Waals surface area contributed by atoms with E-state index in [4.69, 9.17) is 4.74 Å². The molecule has 1 heterocycles. The Kier molecular flexibility index (Phi) is 3.64. The number of hydrogen-bond acceptors (Lipinski definition) is 3. The quantitative estimate of drug-likeness (QED) is 0.864. The molecule has 88 valence electrons. The average molecular weight is 293 g/mol. The maximum atomic E-state index is 5.36. The predicted octanol–water partition coefficient (Wildman–Crippen LogP) is 3.62. The van der Waals surface area contributed by atoms with Gasteiger partial charge in [0.15, 0.2) is 0 Å². The van der Waals surface area contributed by atoms with Crippen LogP contribution in [-0.4, -0.2) is 19.1 Å². The normalized spacial score (nSPS) is 10.1.